The van der Waals surface area contributed by atoms with Crippen LogP contribution in [-0.4, -0.2) is 58.6 Å². The largest absolute Gasteiger partial charge is 0.462 e. The van der Waals surface area contributed by atoms with Gasteiger partial charge in [-0.15, -0.1) is 22.7 Å². The van der Waals surface area contributed by atoms with E-state index in [4.69, 9.17) is 14.5 Å². The lowest BCUT2D eigenvalue weighted by atomic mass is 9.97. The molecule has 216 valence electrons. The van der Waals surface area contributed by atoms with Gasteiger partial charge in [-0.05, 0) is 70.7 Å². The highest BCUT2D eigenvalue weighted by molar-refractivity contribution is 7.19. The minimum absolute atomic E-state index is 0.111. The maximum Gasteiger partial charge on any atom is 0.348 e. The molecule has 0 aromatic carbocycles. The summed E-state index contributed by atoms with van der Waals surface area (Å²) >= 11 is 2.54. The summed E-state index contributed by atoms with van der Waals surface area (Å²) in [7, 11) is 0. The van der Waals surface area contributed by atoms with Crippen molar-refractivity contribution in [2.45, 2.75) is 73.4 Å². The van der Waals surface area contributed by atoms with Gasteiger partial charge in [0.2, 0.25) is 5.91 Å². The van der Waals surface area contributed by atoms with E-state index in [1.54, 1.807) is 32.1 Å². The first-order chi connectivity index (χ1) is 19.2. The molecule has 12 heteroatoms. The average Bonchev–Trinajstić information content (AvgIpc) is 3.46. The number of hydrogen-bond acceptors (Lipinski definition) is 10. The number of amides is 1. The van der Waals surface area contributed by atoms with E-state index in [9.17, 15) is 19.2 Å². The number of fused-ring (bicyclic) bond motifs is 3. The Balaban J connectivity index is 1.74. The highest BCUT2D eigenvalue weighted by atomic mass is 32.1. The lowest BCUT2D eigenvalue weighted by Crippen LogP contribution is -2.34. The number of aromatic nitrogens is 2. The molecule has 3 heterocycles. The standard InChI is InChI=1S/C28H36N4O6S2/c1-6-31(7-2)14-19-29-25-22(17-12-10-11-13-18(17)39-25)26(34)32(19)15-20(33)30-24-21(27(35)37-8-3)16(5)23(40-24)28(36)38-9-4/h6-15H2,1-5H3,(H,30,33). The summed E-state index contributed by atoms with van der Waals surface area (Å²) in [4.78, 5) is 61.9. The lowest BCUT2D eigenvalue weighted by molar-refractivity contribution is -0.116. The molecule has 1 aliphatic rings. The highest BCUT2D eigenvalue weighted by Gasteiger charge is 2.28. The minimum atomic E-state index is -0.644. The van der Waals surface area contributed by atoms with Gasteiger partial charge in [-0.1, -0.05) is 13.8 Å². The van der Waals surface area contributed by atoms with Gasteiger partial charge in [0.15, 0.2) is 0 Å². The molecule has 3 aromatic rings. The predicted octanol–water partition coefficient (Wildman–Crippen LogP) is 4.54. The molecular formula is C28H36N4O6S2. The van der Waals surface area contributed by atoms with Gasteiger partial charge in [0.1, 0.15) is 27.1 Å². The molecule has 0 saturated heterocycles. The van der Waals surface area contributed by atoms with Crippen LogP contribution in [0, 0.1) is 6.92 Å². The molecule has 40 heavy (non-hydrogen) atoms. The number of esters is 2. The highest BCUT2D eigenvalue weighted by Crippen LogP contribution is 2.35. The van der Waals surface area contributed by atoms with Crippen molar-refractivity contribution in [2.24, 2.45) is 0 Å². The molecular weight excluding hydrogens is 552 g/mol. The Bertz CT molecular complexity index is 1480. The van der Waals surface area contributed by atoms with Crippen molar-refractivity contribution in [1.29, 1.82) is 0 Å². The number of nitrogens with zero attached hydrogens (tertiary/aromatic N) is 3. The molecule has 0 spiro atoms. The molecule has 4 rings (SSSR count). The molecule has 0 atom stereocenters. The monoisotopic (exact) mass is 588 g/mol. The third kappa shape index (κ3) is 5.98. The zero-order valence-corrected chi connectivity index (χ0v) is 25.3. The molecule has 0 unspecified atom stereocenters. The first-order valence-corrected chi connectivity index (χ1v) is 15.4. The van der Waals surface area contributed by atoms with Crippen molar-refractivity contribution < 1.29 is 23.9 Å². The molecule has 3 aromatic heterocycles. The van der Waals surface area contributed by atoms with Crippen molar-refractivity contribution in [3.8, 4) is 0 Å². The number of carbonyl (C=O) groups is 3. The summed E-state index contributed by atoms with van der Waals surface area (Å²) in [5, 5.41) is 3.56. The van der Waals surface area contributed by atoms with E-state index in [1.165, 1.54) is 9.44 Å². The van der Waals surface area contributed by atoms with Gasteiger partial charge in [0, 0.05) is 4.88 Å². The summed E-state index contributed by atoms with van der Waals surface area (Å²) < 4.78 is 11.8. The summed E-state index contributed by atoms with van der Waals surface area (Å²) in [5.41, 5.74) is 1.33. The zero-order chi connectivity index (χ0) is 29.0. The van der Waals surface area contributed by atoms with Crippen molar-refractivity contribution in [3.05, 3.63) is 42.6 Å². The van der Waals surface area contributed by atoms with E-state index in [0.29, 0.717) is 23.3 Å². The van der Waals surface area contributed by atoms with Crippen molar-refractivity contribution in [2.75, 3.05) is 31.6 Å². The van der Waals surface area contributed by atoms with Crippen molar-refractivity contribution >= 4 is 55.7 Å². The smallest absolute Gasteiger partial charge is 0.348 e. The van der Waals surface area contributed by atoms with Crippen LogP contribution < -0.4 is 10.9 Å². The van der Waals surface area contributed by atoms with E-state index in [2.05, 4.69) is 10.2 Å². The van der Waals surface area contributed by atoms with E-state index < -0.39 is 17.8 Å². The number of thiophene rings is 2. The van der Waals surface area contributed by atoms with Crippen LogP contribution in [0.2, 0.25) is 0 Å². The maximum atomic E-state index is 13.9. The van der Waals surface area contributed by atoms with Gasteiger partial charge in [-0.2, -0.15) is 0 Å². The fourth-order valence-electron chi connectivity index (χ4n) is 4.96. The molecule has 0 aliphatic heterocycles. The fraction of sp³-hybridized carbons (Fsp3) is 0.536. The second-order valence-electron chi connectivity index (χ2n) is 9.52. The topological polar surface area (TPSA) is 120 Å². The van der Waals surface area contributed by atoms with Gasteiger partial charge < -0.3 is 14.8 Å². The fourth-order valence-corrected chi connectivity index (χ4v) is 7.34. The third-order valence-corrected chi connectivity index (χ3v) is 9.43. The normalized spacial score (nSPS) is 12.9. The van der Waals surface area contributed by atoms with Gasteiger partial charge in [-0.25, -0.2) is 14.6 Å². The Hall–Kier alpha value is -3.09. The van der Waals surface area contributed by atoms with E-state index in [-0.39, 0.29) is 40.8 Å². The predicted molar refractivity (Wildman–Crippen MR) is 157 cm³/mol. The average molecular weight is 589 g/mol. The van der Waals surface area contributed by atoms with E-state index in [1.807, 2.05) is 13.8 Å². The Morgan fingerprint density at radius 2 is 1.68 bits per heavy atom. The van der Waals surface area contributed by atoms with Crippen LogP contribution >= 0.6 is 22.7 Å². The van der Waals surface area contributed by atoms with Gasteiger partial charge in [-0.3, -0.25) is 19.1 Å². The number of nitrogens with one attached hydrogen (secondary N) is 1. The number of aryl methyl sites for hydroxylation is 2. The molecule has 1 amide bonds. The number of carbonyl (C=O) groups excluding carboxylic acids is 3. The quantitative estimate of drug-likeness (QED) is 0.324. The number of hydrogen-bond donors (Lipinski definition) is 1. The van der Waals surface area contributed by atoms with Gasteiger partial charge in [0.25, 0.3) is 5.56 Å². The summed E-state index contributed by atoms with van der Waals surface area (Å²) in [6.07, 6.45) is 3.90. The second-order valence-corrected chi connectivity index (χ2v) is 11.6. The van der Waals surface area contributed by atoms with E-state index in [0.717, 1.165) is 60.5 Å². The van der Waals surface area contributed by atoms with Crippen LogP contribution in [0.25, 0.3) is 10.2 Å². The molecule has 0 fully saturated rings. The number of rotatable bonds is 11. The molecule has 10 nitrogen and oxygen atoms in total. The molecule has 1 aliphatic carbocycles. The SMILES string of the molecule is CCOC(=O)c1sc(NC(=O)Cn2c(CN(CC)CC)nc3sc4c(c3c2=O)CCCC4)c(C(=O)OCC)c1C. The van der Waals surface area contributed by atoms with Crippen LogP contribution in [0.1, 0.15) is 82.4 Å². The molecule has 0 saturated carbocycles. The summed E-state index contributed by atoms with van der Waals surface area (Å²) in [5.74, 6) is -1.20. The van der Waals surface area contributed by atoms with Crippen molar-refractivity contribution in [1.82, 2.24) is 14.5 Å². The Morgan fingerprint density at radius 1 is 1.00 bits per heavy atom. The van der Waals surface area contributed by atoms with Gasteiger partial charge >= 0.3 is 11.9 Å². The Kier molecular flexibility index (Phi) is 9.75. The number of anilines is 1. The van der Waals surface area contributed by atoms with Crippen LogP contribution in [0.5, 0.6) is 0 Å². The molecule has 1 N–H and O–H groups in total. The lowest BCUT2D eigenvalue weighted by Gasteiger charge is -2.20. The van der Waals surface area contributed by atoms with Crippen LogP contribution in [-0.2, 0) is 40.2 Å². The van der Waals surface area contributed by atoms with Crippen LogP contribution in [0.3, 0.4) is 0 Å². The van der Waals surface area contributed by atoms with Crippen LogP contribution in [0.15, 0.2) is 4.79 Å². The first kappa shape index (κ1) is 29.9. The van der Waals surface area contributed by atoms with E-state index >= 15 is 0 Å². The minimum Gasteiger partial charge on any atom is -0.462 e. The molecule has 0 bridgehead atoms. The second kappa shape index (κ2) is 13.0. The number of ether oxygens (including phenoxy) is 2. The summed E-state index contributed by atoms with van der Waals surface area (Å²) in [6, 6.07) is 0. The first-order valence-electron chi connectivity index (χ1n) is 13.8. The Morgan fingerprint density at radius 3 is 2.35 bits per heavy atom. The Labute approximate surface area is 241 Å². The summed E-state index contributed by atoms with van der Waals surface area (Å²) in [6.45, 7) is 11.1. The van der Waals surface area contributed by atoms with Crippen molar-refractivity contribution in [3.63, 3.8) is 0 Å². The zero-order valence-electron chi connectivity index (χ0n) is 23.7. The molecule has 0 radical (unpaired) electrons. The van der Waals surface area contributed by atoms with Crippen LogP contribution in [0.4, 0.5) is 5.00 Å². The third-order valence-electron chi connectivity index (χ3n) is 7.06. The van der Waals surface area contributed by atoms with Gasteiger partial charge in [0.05, 0.1) is 30.7 Å². The maximum absolute atomic E-state index is 13.9.